The van der Waals surface area contributed by atoms with Crippen molar-refractivity contribution in [3.8, 4) is 0 Å². The van der Waals surface area contributed by atoms with E-state index in [0.717, 1.165) is 12.2 Å². The lowest BCUT2D eigenvalue weighted by atomic mass is 10.1. The third kappa shape index (κ3) is 3.01. The van der Waals surface area contributed by atoms with E-state index < -0.39 is 5.97 Å². The van der Waals surface area contributed by atoms with Crippen molar-refractivity contribution in [1.29, 1.82) is 0 Å². The van der Waals surface area contributed by atoms with Gasteiger partial charge in [0.1, 0.15) is 5.52 Å². The molecule has 2 aromatic heterocycles. The molecule has 7 heteroatoms. The number of hydrogen-bond donors (Lipinski definition) is 1. The molecular weight excluding hydrogens is 310 g/mol. The van der Waals surface area contributed by atoms with Crippen molar-refractivity contribution in [2.75, 3.05) is 5.75 Å². The quantitative estimate of drug-likeness (QED) is 0.854. The van der Waals surface area contributed by atoms with Crippen molar-refractivity contribution in [1.82, 2.24) is 14.5 Å². The number of hydrogen-bond acceptors (Lipinski definition) is 4. The van der Waals surface area contributed by atoms with E-state index in [-0.39, 0.29) is 5.75 Å². The first-order valence-corrected chi connectivity index (χ1v) is 8.09. The van der Waals surface area contributed by atoms with Crippen LogP contribution in [0.4, 0.5) is 0 Å². The van der Waals surface area contributed by atoms with Gasteiger partial charge in [0, 0.05) is 12.7 Å². The first-order valence-electron chi connectivity index (χ1n) is 6.73. The molecule has 1 saturated carbocycles. The molecule has 1 aliphatic carbocycles. The number of carboxylic acid groups (broad SMARTS) is 1. The van der Waals surface area contributed by atoms with Crippen LogP contribution in [0.25, 0.3) is 11.2 Å². The number of carbonyl (C=O) groups is 1. The van der Waals surface area contributed by atoms with Gasteiger partial charge in [0.05, 0.1) is 10.8 Å². The highest BCUT2D eigenvalue weighted by atomic mass is 35.5. The Balaban J connectivity index is 1.96. The molecule has 5 nitrogen and oxygen atoms in total. The lowest BCUT2D eigenvalue weighted by Crippen LogP contribution is -2.07. The molecule has 0 bridgehead atoms. The summed E-state index contributed by atoms with van der Waals surface area (Å²) in [5, 5.41) is 10.1. The van der Waals surface area contributed by atoms with E-state index in [1.54, 1.807) is 12.3 Å². The molecule has 0 aromatic carbocycles. The van der Waals surface area contributed by atoms with E-state index >= 15 is 0 Å². The van der Waals surface area contributed by atoms with E-state index in [4.69, 9.17) is 16.7 Å². The van der Waals surface area contributed by atoms with Crippen LogP contribution in [-0.2, 0) is 11.3 Å². The van der Waals surface area contributed by atoms with Gasteiger partial charge in [0.25, 0.3) is 0 Å². The first kappa shape index (κ1) is 14.7. The summed E-state index contributed by atoms with van der Waals surface area (Å²) in [6.07, 6.45) is 2.77. The Morgan fingerprint density at radius 3 is 2.95 bits per heavy atom. The maximum Gasteiger partial charge on any atom is 0.313 e. The van der Waals surface area contributed by atoms with Crippen LogP contribution in [0.5, 0.6) is 0 Å². The van der Waals surface area contributed by atoms with Crippen molar-refractivity contribution in [2.45, 2.75) is 32.0 Å². The molecule has 1 fully saturated rings. The second-order valence-corrected chi connectivity index (χ2v) is 7.45. The van der Waals surface area contributed by atoms with E-state index in [1.807, 2.05) is 4.57 Å². The Hall–Kier alpha value is -1.27. The monoisotopic (exact) mass is 325 g/mol. The van der Waals surface area contributed by atoms with Gasteiger partial charge in [-0.2, -0.15) is 0 Å². The number of fused-ring (bicyclic) bond motifs is 1. The van der Waals surface area contributed by atoms with Crippen LogP contribution in [0.2, 0.25) is 5.02 Å². The number of halogens is 1. The molecule has 0 spiro atoms. The van der Waals surface area contributed by atoms with Crippen LogP contribution >= 0.6 is 23.4 Å². The van der Waals surface area contributed by atoms with Gasteiger partial charge < -0.3 is 9.67 Å². The van der Waals surface area contributed by atoms with Crippen LogP contribution in [0.15, 0.2) is 17.4 Å². The number of imidazole rings is 1. The average molecular weight is 326 g/mol. The van der Waals surface area contributed by atoms with Crippen LogP contribution in [0.3, 0.4) is 0 Å². The summed E-state index contributed by atoms with van der Waals surface area (Å²) in [6, 6.07) is 1.77. The molecule has 1 unspecified atom stereocenters. The van der Waals surface area contributed by atoms with Crippen molar-refractivity contribution < 1.29 is 9.90 Å². The van der Waals surface area contributed by atoms with Crippen molar-refractivity contribution in [2.24, 2.45) is 11.3 Å². The molecule has 1 atom stereocenters. The van der Waals surface area contributed by atoms with Gasteiger partial charge in [-0.05, 0) is 23.8 Å². The van der Waals surface area contributed by atoms with Crippen LogP contribution in [-0.4, -0.2) is 31.4 Å². The summed E-state index contributed by atoms with van der Waals surface area (Å²) in [4.78, 5) is 19.7. The summed E-state index contributed by atoms with van der Waals surface area (Å²) in [5.74, 6) is -0.279. The molecule has 3 rings (SSSR count). The second-order valence-electron chi connectivity index (χ2n) is 6.07. The fourth-order valence-corrected chi connectivity index (χ4v) is 3.36. The van der Waals surface area contributed by atoms with Gasteiger partial charge in [0.15, 0.2) is 10.8 Å². The highest BCUT2D eigenvalue weighted by Gasteiger charge is 2.45. The largest absolute Gasteiger partial charge is 0.481 e. The zero-order valence-electron chi connectivity index (χ0n) is 11.8. The first-order chi connectivity index (χ1) is 9.87. The molecule has 2 heterocycles. The lowest BCUT2D eigenvalue weighted by Gasteiger charge is -2.09. The van der Waals surface area contributed by atoms with Crippen LogP contribution < -0.4 is 0 Å². The Kier molecular flexibility index (Phi) is 3.61. The lowest BCUT2D eigenvalue weighted by molar-refractivity contribution is -0.133. The SMILES string of the molecule is CC1(C)CC1Cn1c(SCC(=O)O)nc2cc(Cl)cnc21. The molecule has 0 saturated heterocycles. The maximum atomic E-state index is 10.8. The highest BCUT2D eigenvalue weighted by Crippen LogP contribution is 2.52. The van der Waals surface area contributed by atoms with E-state index in [0.29, 0.717) is 27.0 Å². The third-order valence-electron chi connectivity index (χ3n) is 3.96. The number of aromatic nitrogens is 3. The Morgan fingerprint density at radius 1 is 1.62 bits per heavy atom. The molecule has 0 radical (unpaired) electrons. The highest BCUT2D eigenvalue weighted by molar-refractivity contribution is 7.99. The molecular formula is C14H16ClN3O2S. The van der Waals surface area contributed by atoms with E-state index in [1.165, 1.54) is 18.2 Å². The number of pyridine rings is 1. The van der Waals surface area contributed by atoms with Crippen molar-refractivity contribution in [3.63, 3.8) is 0 Å². The summed E-state index contributed by atoms with van der Waals surface area (Å²) < 4.78 is 2.03. The zero-order chi connectivity index (χ0) is 15.2. The molecule has 21 heavy (non-hydrogen) atoms. The molecule has 1 aliphatic rings. The fourth-order valence-electron chi connectivity index (χ4n) is 2.47. The van der Waals surface area contributed by atoms with Crippen LogP contribution in [0, 0.1) is 11.3 Å². The molecule has 2 aromatic rings. The summed E-state index contributed by atoms with van der Waals surface area (Å²) >= 11 is 7.18. The number of aliphatic carboxylic acids is 1. The average Bonchev–Trinajstić information content (AvgIpc) is 2.85. The van der Waals surface area contributed by atoms with E-state index in [2.05, 4.69) is 23.8 Å². The second kappa shape index (κ2) is 5.18. The van der Waals surface area contributed by atoms with Crippen molar-refractivity contribution in [3.05, 3.63) is 17.3 Å². The van der Waals surface area contributed by atoms with Gasteiger partial charge in [-0.25, -0.2) is 9.97 Å². The number of rotatable bonds is 5. The van der Waals surface area contributed by atoms with Crippen molar-refractivity contribution >= 4 is 40.5 Å². The van der Waals surface area contributed by atoms with Crippen LogP contribution in [0.1, 0.15) is 20.3 Å². The predicted octanol–water partition coefficient (Wildman–Crippen LogP) is 3.31. The minimum Gasteiger partial charge on any atom is -0.481 e. The maximum absolute atomic E-state index is 10.8. The number of nitrogens with zero attached hydrogens (tertiary/aromatic N) is 3. The molecule has 0 aliphatic heterocycles. The molecule has 112 valence electrons. The van der Waals surface area contributed by atoms with E-state index in [9.17, 15) is 4.79 Å². The smallest absolute Gasteiger partial charge is 0.313 e. The number of carboxylic acids is 1. The van der Waals surface area contributed by atoms with Gasteiger partial charge in [-0.1, -0.05) is 37.2 Å². The standard InChI is InChI=1S/C14H16ClN3O2S/c1-14(2)4-8(14)6-18-12-10(3-9(15)5-16-12)17-13(18)21-7-11(19)20/h3,5,8H,4,6-7H2,1-2H3,(H,19,20). The van der Waals surface area contributed by atoms with Gasteiger partial charge >= 0.3 is 5.97 Å². The third-order valence-corrected chi connectivity index (χ3v) is 5.13. The van der Waals surface area contributed by atoms with Gasteiger partial charge in [-0.15, -0.1) is 0 Å². The Bertz CT molecular complexity index is 714. The minimum absolute atomic E-state index is 0.00882. The summed E-state index contributed by atoms with van der Waals surface area (Å²) in [6.45, 7) is 5.30. The summed E-state index contributed by atoms with van der Waals surface area (Å²) in [5.41, 5.74) is 1.83. The normalized spacial score (nSPS) is 19.9. The fraction of sp³-hybridized carbons (Fsp3) is 0.500. The molecule has 0 amide bonds. The number of thioether (sulfide) groups is 1. The Morgan fingerprint density at radius 2 is 2.33 bits per heavy atom. The van der Waals surface area contributed by atoms with Gasteiger partial charge in [-0.3, -0.25) is 4.79 Å². The topological polar surface area (TPSA) is 68.0 Å². The predicted molar refractivity (Wildman–Crippen MR) is 82.8 cm³/mol. The summed E-state index contributed by atoms with van der Waals surface area (Å²) in [7, 11) is 0. The zero-order valence-corrected chi connectivity index (χ0v) is 13.4. The molecule has 1 N–H and O–H groups in total. The van der Waals surface area contributed by atoms with Gasteiger partial charge in [0.2, 0.25) is 0 Å². The Labute approximate surface area is 131 Å². The minimum atomic E-state index is -0.851.